The van der Waals surface area contributed by atoms with E-state index >= 15 is 0 Å². The van der Waals surface area contributed by atoms with Crippen LogP contribution in [0, 0.1) is 0 Å². The summed E-state index contributed by atoms with van der Waals surface area (Å²) in [4.78, 5) is 31.1. The van der Waals surface area contributed by atoms with Gasteiger partial charge in [0.15, 0.2) is 0 Å². The molecule has 2 heterocycles. The maximum Gasteiger partial charge on any atom is 0.258 e. The van der Waals surface area contributed by atoms with Crippen molar-refractivity contribution >= 4 is 28.6 Å². The number of carbonyl (C=O) groups is 1. The number of aromatic amines is 1. The highest BCUT2D eigenvalue weighted by Gasteiger charge is 2.25. The van der Waals surface area contributed by atoms with Crippen molar-refractivity contribution in [3.63, 3.8) is 0 Å². The van der Waals surface area contributed by atoms with Crippen molar-refractivity contribution < 1.29 is 4.79 Å². The molecule has 0 bridgehead atoms. The maximum atomic E-state index is 12.0. The Kier molecular flexibility index (Phi) is 4.97. The van der Waals surface area contributed by atoms with E-state index in [1.165, 1.54) is 11.8 Å². The second-order valence-electron chi connectivity index (χ2n) is 5.64. The zero-order valence-corrected chi connectivity index (χ0v) is 13.8. The van der Waals surface area contributed by atoms with Crippen LogP contribution in [0.15, 0.2) is 29.1 Å². The van der Waals surface area contributed by atoms with Gasteiger partial charge in [0.25, 0.3) is 5.56 Å². The van der Waals surface area contributed by atoms with Crippen LogP contribution in [0.3, 0.4) is 0 Å². The number of carbonyl (C=O) groups excluding carboxylic acids is 1. The van der Waals surface area contributed by atoms with Gasteiger partial charge in [-0.15, -0.1) is 11.8 Å². The summed E-state index contributed by atoms with van der Waals surface area (Å²) in [6.07, 6.45) is 2.55. The van der Waals surface area contributed by atoms with Gasteiger partial charge in [-0.05, 0) is 18.6 Å². The average Bonchev–Trinajstić information content (AvgIpc) is 2.53. The third-order valence-electron chi connectivity index (χ3n) is 3.80. The average molecular weight is 332 g/mol. The van der Waals surface area contributed by atoms with Gasteiger partial charge in [0, 0.05) is 12.5 Å². The molecule has 1 amide bonds. The molecule has 1 saturated heterocycles. The monoisotopic (exact) mass is 332 g/mol. The van der Waals surface area contributed by atoms with E-state index in [4.69, 9.17) is 0 Å². The second kappa shape index (κ2) is 7.14. The number of fused-ring (bicyclic) bond motifs is 1. The minimum Gasteiger partial charge on any atom is -0.332 e. The van der Waals surface area contributed by atoms with Gasteiger partial charge in [-0.2, -0.15) is 0 Å². The maximum absolute atomic E-state index is 12.0. The SMILES string of the molecule is CCCC1CC(=O)NC(SCc2nc3ccccc3c(=O)[nH]2)N1. The highest BCUT2D eigenvalue weighted by molar-refractivity contribution is 7.99. The van der Waals surface area contributed by atoms with Gasteiger partial charge in [0.2, 0.25) is 5.91 Å². The van der Waals surface area contributed by atoms with Crippen LogP contribution in [0.4, 0.5) is 0 Å². The lowest BCUT2D eigenvalue weighted by Gasteiger charge is -2.30. The van der Waals surface area contributed by atoms with E-state index in [1.807, 2.05) is 18.2 Å². The summed E-state index contributed by atoms with van der Waals surface area (Å²) in [5.74, 6) is 1.21. The van der Waals surface area contributed by atoms with E-state index in [1.54, 1.807) is 6.07 Å². The van der Waals surface area contributed by atoms with Gasteiger partial charge in [-0.3, -0.25) is 14.9 Å². The van der Waals surface area contributed by atoms with Gasteiger partial charge < -0.3 is 10.3 Å². The lowest BCUT2D eigenvalue weighted by molar-refractivity contribution is -0.123. The van der Waals surface area contributed by atoms with Crippen LogP contribution >= 0.6 is 11.8 Å². The van der Waals surface area contributed by atoms with Crippen LogP contribution in [0.5, 0.6) is 0 Å². The molecule has 7 heteroatoms. The summed E-state index contributed by atoms with van der Waals surface area (Å²) < 4.78 is 0. The fourth-order valence-electron chi connectivity index (χ4n) is 2.73. The first-order valence-corrected chi connectivity index (χ1v) is 8.85. The predicted molar refractivity (Wildman–Crippen MR) is 92.0 cm³/mol. The summed E-state index contributed by atoms with van der Waals surface area (Å²) in [5, 5.41) is 6.93. The summed E-state index contributed by atoms with van der Waals surface area (Å²) >= 11 is 1.53. The first-order valence-electron chi connectivity index (χ1n) is 7.80. The van der Waals surface area contributed by atoms with Gasteiger partial charge >= 0.3 is 0 Å². The molecule has 2 atom stereocenters. The lowest BCUT2D eigenvalue weighted by atomic mass is 10.1. The molecule has 1 aromatic heterocycles. The van der Waals surface area contributed by atoms with Crippen molar-refractivity contribution in [1.82, 2.24) is 20.6 Å². The van der Waals surface area contributed by atoms with Crippen LogP contribution < -0.4 is 16.2 Å². The molecule has 1 fully saturated rings. The molecule has 0 radical (unpaired) electrons. The summed E-state index contributed by atoms with van der Waals surface area (Å²) in [6.45, 7) is 2.11. The van der Waals surface area contributed by atoms with Crippen LogP contribution in [-0.4, -0.2) is 27.4 Å². The molecular formula is C16H20N4O2S. The fraction of sp³-hybridized carbons (Fsp3) is 0.438. The molecule has 122 valence electrons. The molecule has 2 aromatic rings. The molecule has 1 aliphatic rings. The Bertz CT molecular complexity index is 761. The standard InChI is InChI=1S/C16H20N4O2S/c1-2-5-10-8-14(21)20-16(17-10)23-9-13-18-12-7-4-3-6-11(12)15(22)19-13/h3-4,6-7,10,16-17H,2,5,8-9H2,1H3,(H,20,21)(H,18,19,22). The third-order valence-corrected chi connectivity index (χ3v) is 4.82. The topological polar surface area (TPSA) is 86.9 Å². The van der Waals surface area contributed by atoms with Gasteiger partial charge in [-0.1, -0.05) is 25.5 Å². The number of rotatable bonds is 5. The van der Waals surface area contributed by atoms with Gasteiger partial charge in [0.05, 0.1) is 16.7 Å². The Morgan fingerprint density at radius 3 is 2.96 bits per heavy atom. The molecule has 3 N–H and O–H groups in total. The molecule has 0 saturated carbocycles. The number of H-pyrrole nitrogens is 1. The van der Waals surface area contributed by atoms with Crippen LogP contribution in [-0.2, 0) is 10.5 Å². The Morgan fingerprint density at radius 2 is 2.13 bits per heavy atom. The summed E-state index contributed by atoms with van der Waals surface area (Å²) in [7, 11) is 0. The Labute approximate surface area is 138 Å². The molecule has 23 heavy (non-hydrogen) atoms. The fourth-order valence-corrected chi connectivity index (χ4v) is 3.70. The van der Waals surface area contributed by atoms with Crippen molar-refractivity contribution in [2.24, 2.45) is 0 Å². The van der Waals surface area contributed by atoms with Crippen molar-refractivity contribution in [2.75, 3.05) is 0 Å². The normalized spacial score (nSPS) is 21.3. The molecule has 0 aliphatic carbocycles. The highest BCUT2D eigenvalue weighted by atomic mass is 32.2. The number of benzene rings is 1. The first kappa shape index (κ1) is 16.0. The number of hydrogen-bond acceptors (Lipinski definition) is 5. The molecule has 6 nitrogen and oxygen atoms in total. The Hall–Kier alpha value is -1.86. The number of aromatic nitrogens is 2. The van der Waals surface area contributed by atoms with Crippen molar-refractivity contribution in [3.05, 3.63) is 40.4 Å². The summed E-state index contributed by atoms with van der Waals surface area (Å²) in [5.41, 5.74) is 0.414. The van der Waals surface area contributed by atoms with Gasteiger partial charge in [0.1, 0.15) is 11.3 Å². The quantitative estimate of drug-likeness (QED) is 0.776. The van der Waals surface area contributed by atoms with E-state index < -0.39 is 0 Å². The van der Waals surface area contributed by atoms with Crippen LogP contribution in [0.2, 0.25) is 0 Å². The lowest BCUT2D eigenvalue weighted by Crippen LogP contribution is -2.54. The second-order valence-corrected chi connectivity index (χ2v) is 6.74. The first-order chi connectivity index (χ1) is 11.2. The van der Waals surface area contributed by atoms with E-state index in [9.17, 15) is 9.59 Å². The van der Waals surface area contributed by atoms with Crippen molar-refractivity contribution in [1.29, 1.82) is 0 Å². The molecule has 1 aliphatic heterocycles. The van der Waals surface area contributed by atoms with E-state index in [2.05, 4.69) is 27.5 Å². The number of para-hydroxylation sites is 1. The van der Waals surface area contributed by atoms with E-state index in [-0.39, 0.29) is 23.0 Å². The molecule has 3 rings (SSSR count). The number of nitrogens with one attached hydrogen (secondary N) is 3. The molecule has 0 spiro atoms. The smallest absolute Gasteiger partial charge is 0.258 e. The molecule has 2 unspecified atom stereocenters. The zero-order valence-electron chi connectivity index (χ0n) is 13.0. The minimum absolute atomic E-state index is 0.0691. The van der Waals surface area contributed by atoms with Gasteiger partial charge in [-0.25, -0.2) is 4.98 Å². The van der Waals surface area contributed by atoms with E-state index in [0.29, 0.717) is 28.9 Å². The molecule has 1 aromatic carbocycles. The minimum atomic E-state index is -0.149. The highest BCUT2D eigenvalue weighted by Crippen LogP contribution is 2.18. The zero-order chi connectivity index (χ0) is 16.2. The van der Waals surface area contributed by atoms with E-state index in [0.717, 1.165) is 12.8 Å². The predicted octanol–water partition coefficient (Wildman–Crippen LogP) is 1.72. The van der Waals surface area contributed by atoms with Crippen molar-refractivity contribution in [3.8, 4) is 0 Å². The number of hydrogen-bond donors (Lipinski definition) is 3. The third kappa shape index (κ3) is 3.92. The number of nitrogens with zero attached hydrogens (tertiary/aromatic N) is 1. The van der Waals surface area contributed by atoms with Crippen molar-refractivity contribution in [2.45, 2.75) is 43.5 Å². The largest absolute Gasteiger partial charge is 0.332 e. The Balaban J connectivity index is 1.68. The molecular weight excluding hydrogens is 312 g/mol. The van der Waals surface area contributed by atoms with Crippen LogP contribution in [0.25, 0.3) is 10.9 Å². The Morgan fingerprint density at radius 1 is 1.30 bits per heavy atom. The number of thioether (sulfide) groups is 1. The number of amides is 1. The summed E-state index contributed by atoms with van der Waals surface area (Å²) in [6, 6.07) is 7.50. The van der Waals surface area contributed by atoms with Crippen LogP contribution in [0.1, 0.15) is 32.0 Å².